The van der Waals surface area contributed by atoms with E-state index in [-0.39, 0.29) is 11.9 Å². The van der Waals surface area contributed by atoms with Crippen molar-refractivity contribution in [3.63, 3.8) is 0 Å². The molecule has 1 amide bonds. The molecule has 2 aromatic carbocycles. The van der Waals surface area contributed by atoms with Crippen LogP contribution in [-0.4, -0.2) is 33.7 Å². The van der Waals surface area contributed by atoms with E-state index in [1.807, 2.05) is 35.9 Å². The van der Waals surface area contributed by atoms with Crippen LogP contribution in [0, 0.1) is 0 Å². The van der Waals surface area contributed by atoms with Gasteiger partial charge in [0.05, 0.1) is 17.1 Å². The van der Waals surface area contributed by atoms with Crippen molar-refractivity contribution in [3.8, 4) is 11.3 Å². The van der Waals surface area contributed by atoms with Crippen LogP contribution in [0.4, 0.5) is 13.2 Å². The molecule has 7 heteroatoms. The first-order chi connectivity index (χ1) is 13.9. The summed E-state index contributed by atoms with van der Waals surface area (Å²) in [4.78, 5) is 13.9. The van der Waals surface area contributed by atoms with Gasteiger partial charge in [-0.05, 0) is 37.6 Å². The number of para-hydroxylation sites is 1. The lowest BCUT2D eigenvalue weighted by Gasteiger charge is -2.15. The van der Waals surface area contributed by atoms with Gasteiger partial charge < -0.3 is 4.90 Å². The third-order valence-electron chi connectivity index (χ3n) is 5.23. The number of aromatic nitrogens is 2. The summed E-state index contributed by atoms with van der Waals surface area (Å²) in [7, 11) is 0. The lowest BCUT2D eigenvalue weighted by molar-refractivity contribution is -0.137. The minimum Gasteiger partial charge on any atom is -0.337 e. The highest BCUT2D eigenvalue weighted by Gasteiger charge is 2.31. The molecule has 1 aliphatic heterocycles. The fourth-order valence-corrected chi connectivity index (χ4v) is 3.79. The molecule has 0 saturated carbocycles. The number of rotatable bonds is 3. The SMILES string of the molecule is C/C=C/C(=O)N1CCC(n2nc(-c3ccc(C(F)(F)F)cc3)c3ccccc32)C1. The van der Waals surface area contributed by atoms with Gasteiger partial charge in [0, 0.05) is 24.0 Å². The number of amides is 1. The van der Waals surface area contributed by atoms with Crippen molar-refractivity contribution in [1.29, 1.82) is 0 Å². The van der Waals surface area contributed by atoms with E-state index in [1.165, 1.54) is 12.1 Å². The van der Waals surface area contributed by atoms with Crippen LogP contribution in [0.3, 0.4) is 0 Å². The van der Waals surface area contributed by atoms with Crippen molar-refractivity contribution in [2.24, 2.45) is 0 Å². The van der Waals surface area contributed by atoms with Gasteiger partial charge in [-0.2, -0.15) is 18.3 Å². The largest absolute Gasteiger partial charge is 0.416 e. The number of carbonyl (C=O) groups excluding carboxylic acids is 1. The zero-order chi connectivity index (χ0) is 20.6. The molecule has 0 bridgehead atoms. The smallest absolute Gasteiger partial charge is 0.337 e. The summed E-state index contributed by atoms with van der Waals surface area (Å²) in [6.07, 6.45) is -0.312. The number of carbonyl (C=O) groups is 1. The molecule has 1 fully saturated rings. The predicted molar refractivity (Wildman–Crippen MR) is 105 cm³/mol. The minimum absolute atomic E-state index is 0.0191. The summed E-state index contributed by atoms with van der Waals surface area (Å²) in [6.45, 7) is 3.02. The van der Waals surface area contributed by atoms with Crippen LogP contribution in [0.5, 0.6) is 0 Å². The molecule has 1 aliphatic rings. The van der Waals surface area contributed by atoms with E-state index in [1.54, 1.807) is 17.1 Å². The van der Waals surface area contributed by atoms with Crippen molar-refractivity contribution in [2.45, 2.75) is 25.6 Å². The number of benzene rings is 2. The lowest BCUT2D eigenvalue weighted by atomic mass is 10.1. The van der Waals surface area contributed by atoms with Crippen molar-refractivity contribution in [3.05, 3.63) is 66.2 Å². The van der Waals surface area contributed by atoms with E-state index in [0.717, 1.165) is 29.5 Å². The Hall–Kier alpha value is -3.09. The number of likely N-dealkylation sites (tertiary alicyclic amines) is 1. The number of halogens is 3. The van der Waals surface area contributed by atoms with Crippen molar-refractivity contribution in [2.75, 3.05) is 13.1 Å². The molecule has 0 aliphatic carbocycles. The maximum Gasteiger partial charge on any atom is 0.416 e. The number of nitrogens with zero attached hydrogens (tertiary/aromatic N) is 3. The molecule has 1 saturated heterocycles. The quantitative estimate of drug-likeness (QED) is 0.577. The van der Waals surface area contributed by atoms with E-state index in [2.05, 4.69) is 0 Å². The maximum atomic E-state index is 12.9. The Labute approximate surface area is 166 Å². The van der Waals surface area contributed by atoms with Gasteiger partial charge in [0.15, 0.2) is 0 Å². The Kier molecular flexibility index (Phi) is 4.90. The van der Waals surface area contributed by atoms with Crippen molar-refractivity contribution >= 4 is 16.8 Å². The maximum absolute atomic E-state index is 12.9. The van der Waals surface area contributed by atoms with Crippen LogP contribution in [0.15, 0.2) is 60.7 Å². The van der Waals surface area contributed by atoms with Gasteiger partial charge >= 0.3 is 6.18 Å². The van der Waals surface area contributed by atoms with E-state index < -0.39 is 11.7 Å². The Morgan fingerprint density at radius 1 is 1.14 bits per heavy atom. The fraction of sp³-hybridized carbons (Fsp3) is 0.273. The zero-order valence-electron chi connectivity index (χ0n) is 15.9. The van der Waals surface area contributed by atoms with Crippen LogP contribution >= 0.6 is 0 Å². The van der Waals surface area contributed by atoms with E-state index in [9.17, 15) is 18.0 Å². The summed E-state index contributed by atoms with van der Waals surface area (Å²) in [5.41, 5.74) is 1.51. The van der Waals surface area contributed by atoms with Crippen molar-refractivity contribution in [1.82, 2.24) is 14.7 Å². The number of hydrogen-bond donors (Lipinski definition) is 0. The highest BCUT2D eigenvalue weighted by Crippen LogP contribution is 2.35. The Morgan fingerprint density at radius 2 is 1.86 bits per heavy atom. The van der Waals surface area contributed by atoms with Crippen molar-refractivity contribution < 1.29 is 18.0 Å². The summed E-state index contributed by atoms with van der Waals surface area (Å²) < 4.78 is 40.6. The molecule has 4 rings (SSSR count). The number of allylic oxidation sites excluding steroid dienone is 1. The third-order valence-corrected chi connectivity index (χ3v) is 5.23. The molecule has 29 heavy (non-hydrogen) atoms. The second-order valence-electron chi connectivity index (χ2n) is 7.11. The molecule has 150 valence electrons. The van der Waals surface area contributed by atoms with Crippen LogP contribution in [-0.2, 0) is 11.0 Å². The first-order valence-electron chi connectivity index (χ1n) is 9.45. The second-order valence-corrected chi connectivity index (χ2v) is 7.11. The van der Waals surface area contributed by atoms with E-state index in [0.29, 0.717) is 24.3 Å². The molecule has 2 heterocycles. The molecule has 1 atom stereocenters. The highest BCUT2D eigenvalue weighted by molar-refractivity contribution is 5.93. The number of alkyl halides is 3. The summed E-state index contributed by atoms with van der Waals surface area (Å²) >= 11 is 0. The normalized spacial score (nSPS) is 17.5. The molecule has 1 unspecified atom stereocenters. The molecule has 1 aromatic heterocycles. The summed E-state index contributed by atoms with van der Waals surface area (Å²) in [5, 5.41) is 5.63. The van der Waals surface area contributed by atoms with Gasteiger partial charge in [-0.3, -0.25) is 9.48 Å². The fourth-order valence-electron chi connectivity index (χ4n) is 3.79. The molecule has 0 radical (unpaired) electrons. The van der Waals surface area contributed by atoms with E-state index in [4.69, 9.17) is 5.10 Å². The highest BCUT2D eigenvalue weighted by atomic mass is 19.4. The average molecular weight is 399 g/mol. The molecular weight excluding hydrogens is 379 g/mol. The first kappa shape index (κ1) is 19.2. The lowest BCUT2D eigenvalue weighted by Crippen LogP contribution is -2.27. The summed E-state index contributed by atoms with van der Waals surface area (Å²) in [5.74, 6) is -0.0191. The van der Waals surface area contributed by atoms with Crippen LogP contribution < -0.4 is 0 Å². The average Bonchev–Trinajstić information content (AvgIpc) is 3.33. The van der Waals surface area contributed by atoms with E-state index >= 15 is 0 Å². The van der Waals surface area contributed by atoms with Gasteiger partial charge in [-0.25, -0.2) is 0 Å². The second kappa shape index (κ2) is 7.39. The van der Waals surface area contributed by atoms with Crippen LogP contribution in [0.25, 0.3) is 22.2 Å². The van der Waals surface area contributed by atoms with Gasteiger partial charge in [-0.15, -0.1) is 0 Å². The topological polar surface area (TPSA) is 38.1 Å². The minimum atomic E-state index is -4.37. The number of fused-ring (bicyclic) bond motifs is 1. The third kappa shape index (κ3) is 3.64. The molecule has 4 nitrogen and oxygen atoms in total. The van der Waals surface area contributed by atoms with Gasteiger partial charge in [-0.1, -0.05) is 36.4 Å². The Balaban J connectivity index is 1.70. The van der Waals surface area contributed by atoms with Gasteiger partial charge in [0.2, 0.25) is 5.91 Å². The van der Waals surface area contributed by atoms with Gasteiger partial charge in [0.1, 0.15) is 5.69 Å². The molecule has 0 N–H and O–H groups in total. The number of hydrogen-bond acceptors (Lipinski definition) is 2. The predicted octanol–water partition coefficient (Wildman–Crippen LogP) is 5.07. The Bertz CT molecular complexity index is 1070. The van der Waals surface area contributed by atoms with Crippen LogP contribution in [0.1, 0.15) is 24.9 Å². The standard InChI is InChI=1S/C22H20F3N3O/c1-2-5-20(29)27-13-12-17(14-27)28-19-7-4-3-6-18(19)21(26-28)15-8-10-16(11-9-15)22(23,24)25/h2-11,17H,12-14H2,1H3/b5-2+. The molecule has 3 aromatic rings. The first-order valence-corrected chi connectivity index (χ1v) is 9.45. The Morgan fingerprint density at radius 3 is 2.55 bits per heavy atom. The molecular formula is C22H20F3N3O. The molecule has 0 spiro atoms. The summed E-state index contributed by atoms with van der Waals surface area (Å²) in [6, 6.07) is 12.8. The van der Waals surface area contributed by atoms with Crippen LogP contribution in [0.2, 0.25) is 0 Å². The van der Waals surface area contributed by atoms with Gasteiger partial charge in [0.25, 0.3) is 0 Å². The monoisotopic (exact) mass is 399 g/mol. The zero-order valence-corrected chi connectivity index (χ0v) is 15.9.